The van der Waals surface area contributed by atoms with E-state index in [1.54, 1.807) is 6.92 Å². The number of nitrogens with one attached hydrogen (secondary N) is 1. The summed E-state index contributed by atoms with van der Waals surface area (Å²) in [5.41, 5.74) is 6.95. The van der Waals surface area contributed by atoms with Crippen LogP contribution in [0.4, 0.5) is 0 Å². The van der Waals surface area contributed by atoms with Crippen LogP contribution in [0.5, 0.6) is 0 Å². The molecule has 0 aliphatic rings. The molecule has 1 atom stereocenters. The van der Waals surface area contributed by atoms with Crippen molar-refractivity contribution in [2.24, 2.45) is 0 Å². The maximum Gasteiger partial charge on any atom is 1.00 e. The second-order valence-corrected chi connectivity index (χ2v) is 1.48. The summed E-state index contributed by atoms with van der Waals surface area (Å²) in [5, 5.41) is 0. The fourth-order valence-electron chi connectivity index (χ4n) is 0.309. The van der Waals surface area contributed by atoms with Crippen LogP contribution in [0.1, 0.15) is 13.3 Å². The summed E-state index contributed by atoms with van der Waals surface area (Å²) < 4.78 is 4.28. The maximum absolute atomic E-state index is 10.3. The Labute approximate surface area is 97.7 Å². The van der Waals surface area contributed by atoms with Crippen LogP contribution in [0.2, 0.25) is 0 Å². The van der Waals surface area contributed by atoms with Crippen molar-refractivity contribution in [2.75, 3.05) is 7.11 Å². The van der Waals surface area contributed by atoms with Crippen LogP contribution >= 0.6 is 0 Å². The number of rotatable bonds is 2. The average Bonchev–Trinajstić information content (AvgIpc) is 1.84. The molecule has 9 heavy (non-hydrogen) atoms. The van der Waals surface area contributed by atoms with Crippen molar-refractivity contribution in [1.29, 1.82) is 0 Å². The number of esters is 1. The first-order chi connectivity index (χ1) is 3.72. The van der Waals surface area contributed by atoms with Gasteiger partial charge in [-0.2, -0.15) is 0 Å². The van der Waals surface area contributed by atoms with Crippen LogP contribution < -0.4 is 51.4 Å². The van der Waals surface area contributed by atoms with E-state index in [0.29, 0.717) is 6.42 Å². The molecule has 0 rings (SSSR count). The van der Waals surface area contributed by atoms with Crippen molar-refractivity contribution in [3.8, 4) is 0 Å². The predicted molar refractivity (Wildman–Crippen MR) is 30.4 cm³/mol. The van der Waals surface area contributed by atoms with E-state index in [1.165, 1.54) is 7.11 Å². The average molecular weight is 155 g/mol. The Morgan fingerprint density at radius 3 is 2.33 bits per heavy atom. The molecule has 0 aromatic heterocycles. The number of hydrogen-bond acceptors (Lipinski definition) is 2. The molecule has 0 aliphatic heterocycles. The Bertz CT molecular complexity index is 87.0. The van der Waals surface area contributed by atoms with Gasteiger partial charge in [0.1, 0.15) is 0 Å². The summed E-state index contributed by atoms with van der Waals surface area (Å²) in [5.74, 6) is -0.451. The van der Waals surface area contributed by atoms with E-state index in [0.717, 1.165) is 0 Å². The first-order valence-corrected chi connectivity index (χ1v) is 2.51. The second-order valence-electron chi connectivity index (χ2n) is 1.48. The molecule has 0 aromatic carbocycles. The minimum Gasteiger partial charge on any atom is -0.665 e. The van der Waals surface area contributed by atoms with Crippen molar-refractivity contribution < 1.29 is 60.9 Å². The first kappa shape index (κ1) is 12.7. The Kier molecular flexibility index (Phi) is 10.1. The molecule has 0 amide bonds. The monoisotopic (exact) mass is 155 g/mol. The smallest absolute Gasteiger partial charge is 0.665 e. The number of hydrogen-bond donors (Lipinski definition) is 0. The van der Waals surface area contributed by atoms with Crippen LogP contribution in [-0.2, 0) is 9.53 Å². The molecule has 0 aromatic rings. The molecule has 0 spiro atoms. The Morgan fingerprint density at radius 1 is 1.78 bits per heavy atom. The van der Waals surface area contributed by atoms with Crippen LogP contribution in [0.25, 0.3) is 5.73 Å². The molecule has 3 nitrogen and oxygen atoms in total. The van der Waals surface area contributed by atoms with Gasteiger partial charge in [-0.05, 0) is 6.04 Å². The van der Waals surface area contributed by atoms with Crippen LogP contribution in [-0.4, -0.2) is 19.1 Å². The summed E-state index contributed by atoms with van der Waals surface area (Å²) in [6.45, 7) is 1.77. The summed E-state index contributed by atoms with van der Waals surface area (Å²) >= 11 is 0. The van der Waals surface area contributed by atoms with Gasteiger partial charge in [0, 0.05) is 0 Å². The van der Waals surface area contributed by atoms with E-state index in [9.17, 15) is 4.79 Å². The van der Waals surface area contributed by atoms with Crippen LogP contribution in [0.15, 0.2) is 0 Å². The topological polar surface area (TPSA) is 50.1 Å². The second kappa shape index (κ2) is 7.18. The molecule has 0 fully saturated rings. The fraction of sp³-hybridized carbons (Fsp3) is 0.800. The van der Waals surface area contributed by atoms with Crippen LogP contribution in [0.3, 0.4) is 0 Å². The van der Waals surface area contributed by atoms with E-state index in [1.807, 2.05) is 0 Å². The van der Waals surface area contributed by atoms with Gasteiger partial charge in [-0.15, -0.1) is 0 Å². The van der Waals surface area contributed by atoms with Gasteiger partial charge in [-0.3, -0.25) is 4.79 Å². The third kappa shape index (κ3) is 5.51. The van der Waals surface area contributed by atoms with Crippen molar-refractivity contribution in [2.45, 2.75) is 19.4 Å². The Hall–Kier alpha value is 1.07. The van der Waals surface area contributed by atoms with Gasteiger partial charge in [0.05, 0.1) is 7.11 Å². The van der Waals surface area contributed by atoms with E-state index >= 15 is 0 Å². The standard InChI is InChI=1S/C5H10NO2.K/c1-3-4(6)5(7)8-2;/h4,6H,3H2,1-2H3;/q-1;+1. The molecular weight excluding hydrogens is 145 g/mol. The minimum absolute atomic E-state index is 0. The van der Waals surface area contributed by atoms with Gasteiger partial charge in [0.25, 0.3) is 5.97 Å². The molecule has 1 unspecified atom stereocenters. The molecule has 0 heterocycles. The molecule has 0 saturated heterocycles. The summed E-state index contributed by atoms with van der Waals surface area (Å²) in [7, 11) is 1.29. The third-order valence-corrected chi connectivity index (χ3v) is 0.894. The molecular formula is C5H10KNO2. The van der Waals surface area contributed by atoms with Gasteiger partial charge < -0.3 is 10.5 Å². The van der Waals surface area contributed by atoms with E-state index in [2.05, 4.69) is 4.74 Å². The molecule has 0 aliphatic carbocycles. The molecule has 4 heteroatoms. The third-order valence-electron chi connectivity index (χ3n) is 0.894. The summed E-state index contributed by atoms with van der Waals surface area (Å²) in [4.78, 5) is 10.3. The fourth-order valence-corrected chi connectivity index (χ4v) is 0.309. The zero-order valence-electron chi connectivity index (χ0n) is 6.10. The van der Waals surface area contributed by atoms with Crippen molar-refractivity contribution in [1.82, 2.24) is 0 Å². The minimum atomic E-state index is -0.694. The largest absolute Gasteiger partial charge is 1.00 e. The van der Waals surface area contributed by atoms with Crippen molar-refractivity contribution in [3.05, 3.63) is 5.73 Å². The first-order valence-electron chi connectivity index (χ1n) is 2.51. The van der Waals surface area contributed by atoms with E-state index in [4.69, 9.17) is 5.73 Å². The van der Waals surface area contributed by atoms with Gasteiger partial charge >= 0.3 is 51.4 Å². The number of ether oxygens (including phenoxy) is 1. The van der Waals surface area contributed by atoms with Crippen molar-refractivity contribution in [3.63, 3.8) is 0 Å². The van der Waals surface area contributed by atoms with Crippen LogP contribution in [0, 0.1) is 0 Å². The molecule has 0 bridgehead atoms. The number of methoxy groups -OCH3 is 1. The number of carbonyl (C=O) groups excluding carboxylic acids is 1. The molecule has 0 radical (unpaired) electrons. The van der Waals surface area contributed by atoms with Gasteiger partial charge in [-0.25, -0.2) is 0 Å². The SMILES string of the molecule is CCC([NH-])C(=O)OC.[K+]. The Morgan fingerprint density at radius 2 is 2.22 bits per heavy atom. The van der Waals surface area contributed by atoms with Gasteiger partial charge in [0.15, 0.2) is 0 Å². The maximum atomic E-state index is 10.3. The quantitative estimate of drug-likeness (QED) is 0.342. The zero-order chi connectivity index (χ0) is 6.57. The Balaban J connectivity index is 0. The number of carbonyl (C=O) groups is 1. The van der Waals surface area contributed by atoms with E-state index in [-0.39, 0.29) is 51.4 Å². The van der Waals surface area contributed by atoms with Gasteiger partial charge in [-0.1, -0.05) is 13.3 Å². The molecule has 0 saturated carbocycles. The normalized spacial score (nSPS) is 11.4. The predicted octanol–water partition coefficient (Wildman–Crippen LogP) is -2.01. The molecule has 48 valence electrons. The van der Waals surface area contributed by atoms with Gasteiger partial charge in [0.2, 0.25) is 0 Å². The summed E-state index contributed by atoms with van der Waals surface area (Å²) in [6, 6.07) is -0.694. The summed E-state index contributed by atoms with van der Waals surface area (Å²) in [6.07, 6.45) is 0.521. The van der Waals surface area contributed by atoms with Crippen molar-refractivity contribution >= 4 is 5.97 Å². The zero-order valence-corrected chi connectivity index (χ0v) is 9.22. The van der Waals surface area contributed by atoms with E-state index < -0.39 is 12.0 Å². The molecule has 1 N–H and O–H groups in total.